The van der Waals surface area contributed by atoms with Gasteiger partial charge in [0.25, 0.3) is 0 Å². The lowest BCUT2D eigenvalue weighted by molar-refractivity contribution is -0.118. The Morgan fingerprint density at radius 1 is 1.10 bits per heavy atom. The molecule has 1 amide bonds. The van der Waals surface area contributed by atoms with E-state index in [0.717, 1.165) is 15.9 Å². The highest BCUT2D eigenvalue weighted by atomic mass is 79.9. The van der Waals surface area contributed by atoms with Crippen LogP contribution < -0.4 is 16.4 Å². The smallest absolute Gasteiger partial charge is 0.249 e. The average molecular weight is 484 g/mol. The number of hydrogen-bond donors (Lipinski definition) is 2. The van der Waals surface area contributed by atoms with Gasteiger partial charge in [0, 0.05) is 33.8 Å². The minimum atomic E-state index is -0.733. The van der Waals surface area contributed by atoms with Gasteiger partial charge in [-0.2, -0.15) is 0 Å². The maximum Gasteiger partial charge on any atom is 0.249 e. The molecular formula is C24H23BrFN3O2. The standard InChI is InChI=1S/C24H23BrFN3O2/c1-24(2)11-17-20(18(30)12-24)19(13-3-7-15(26)8-4-13)21(23(28)31)22(27)29(17)16-9-5-14(25)6-10-16/h3-10,19H,11-12,27H2,1-2H3,(H2,28,31). The molecule has 0 radical (unpaired) electrons. The van der Waals surface area contributed by atoms with Gasteiger partial charge in [-0.15, -0.1) is 0 Å². The average Bonchev–Trinajstić information content (AvgIpc) is 2.67. The van der Waals surface area contributed by atoms with Crippen LogP contribution in [0, 0.1) is 11.2 Å². The lowest BCUT2D eigenvalue weighted by Crippen LogP contribution is -2.44. The number of nitrogens with two attached hydrogens (primary N) is 2. The monoisotopic (exact) mass is 483 g/mol. The second-order valence-corrected chi connectivity index (χ2v) is 9.68. The molecule has 2 aromatic carbocycles. The second kappa shape index (κ2) is 7.64. The number of halogens is 2. The van der Waals surface area contributed by atoms with Crippen LogP contribution in [0.2, 0.25) is 0 Å². The molecule has 31 heavy (non-hydrogen) atoms. The van der Waals surface area contributed by atoms with Crippen molar-refractivity contribution >= 4 is 33.3 Å². The third kappa shape index (κ3) is 3.78. The fraction of sp³-hybridized carbons (Fsp3) is 0.250. The fourth-order valence-electron chi connectivity index (χ4n) is 4.53. The molecule has 0 spiro atoms. The van der Waals surface area contributed by atoms with Gasteiger partial charge in [0.2, 0.25) is 5.91 Å². The zero-order valence-electron chi connectivity index (χ0n) is 17.3. The van der Waals surface area contributed by atoms with Gasteiger partial charge in [-0.25, -0.2) is 4.39 Å². The third-order valence-corrected chi connectivity index (χ3v) is 6.34. The minimum absolute atomic E-state index is 0.0612. The Balaban J connectivity index is 2.01. The highest BCUT2D eigenvalue weighted by Crippen LogP contribution is 2.50. The summed E-state index contributed by atoms with van der Waals surface area (Å²) in [5.41, 5.74) is 14.8. The fourth-order valence-corrected chi connectivity index (χ4v) is 4.79. The zero-order valence-corrected chi connectivity index (χ0v) is 18.9. The van der Waals surface area contributed by atoms with Crippen LogP contribution in [-0.4, -0.2) is 11.7 Å². The molecule has 7 heteroatoms. The summed E-state index contributed by atoms with van der Waals surface area (Å²) in [6.07, 6.45) is 0.929. The largest absolute Gasteiger partial charge is 0.384 e. The molecule has 2 aromatic rings. The van der Waals surface area contributed by atoms with Gasteiger partial charge in [0.15, 0.2) is 5.78 Å². The molecule has 1 aliphatic heterocycles. The molecule has 1 atom stereocenters. The van der Waals surface area contributed by atoms with Crippen LogP contribution in [0.5, 0.6) is 0 Å². The number of carbonyl (C=O) groups is 2. The van der Waals surface area contributed by atoms with Crippen molar-refractivity contribution < 1.29 is 14.0 Å². The maximum atomic E-state index is 13.6. The Labute approximate surface area is 188 Å². The van der Waals surface area contributed by atoms with Gasteiger partial charge >= 0.3 is 0 Å². The molecule has 160 valence electrons. The van der Waals surface area contributed by atoms with Crippen LogP contribution in [0.3, 0.4) is 0 Å². The van der Waals surface area contributed by atoms with Crippen LogP contribution >= 0.6 is 15.9 Å². The van der Waals surface area contributed by atoms with Gasteiger partial charge in [-0.3, -0.25) is 14.5 Å². The Morgan fingerprint density at radius 3 is 2.29 bits per heavy atom. The Hall–Kier alpha value is -2.93. The number of Topliss-reactive ketones (excluding diaryl/α,β-unsaturated/α-hetero) is 1. The predicted octanol–water partition coefficient (Wildman–Crippen LogP) is 4.49. The topological polar surface area (TPSA) is 89.4 Å². The summed E-state index contributed by atoms with van der Waals surface area (Å²) < 4.78 is 14.5. The van der Waals surface area contributed by atoms with Crippen molar-refractivity contribution in [2.75, 3.05) is 4.90 Å². The molecule has 4 N–H and O–H groups in total. The third-order valence-electron chi connectivity index (χ3n) is 5.81. The van der Waals surface area contributed by atoms with E-state index in [9.17, 15) is 14.0 Å². The van der Waals surface area contributed by atoms with Crippen LogP contribution in [0.4, 0.5) is 10.1 Å². The molecule has 4 rings (SSSR count). The van der Waals surface area contributed by atoms with Crippen molar-refractivity contribution in [3.05, 3.63) is 87.0 Å². The SMILES string of the molecule is CC1(C)CC(=O)C2=C(C1)N(c1ccc(Br)cc1)C(N)=C(C(N)=O)C2c1ccc(F)cc1. The summed E-state index contributed by atoms with van der Waals surface area (Å²) in [6.45, 7) is 4.07. The van der Waals surface area contributed by atoms with Crippen molar-refractivity contribution in [3.8, 4) is 0 Å². The van der Waals surface area contributed by atoms with Crippen LogP contribution in [0.25, 0.3) is 0 Å². The van der Waals surface area contributed by atoms with Crippen molar-refractivity contribution in [3.63, 3.8) is 0 Å². The molecule has 1 heterocycles. The van der Waals surface area contributed by atoms with Crippen LogP contribution in [0.1, 0.15) is 38.2 Å². The lowest BCUT2D eigenvalue weighted by Gasteiger charge is -2.44. The molecule has 0 fully saturated rings. The van der Waals surface area contributed by atoms with E-state index in [1.54, 1.807) is 17.0 Å². The van der Waals surface area contributed by atoms with Crippen LogP contribution in [0.15, 0.2) is 75.7 Å². The van der Waals surface area contributed by atoms with Gasteiger partial charge in [0.1, 0.15) is 11.6 Å². The molecule has 0 bridgehead atoms. The minimum Gasteiger partial charge on any atom is -0.384 e. The predicted molar refractivity (Wildman–Crippen MR) is 121 cm³/mol. The number of ketones is 1. The summed E-state index contributed by atoms with van der Waals surface area (Å²) in [4.78, 5) is 27.8. The number of allylic oxidation sites excluding steroid dienone is 2. The lowest BCUT2D eigenvalue weighted by atomic mass is 9.68. The summed E-state index contributed by atoms with van der Waals surface area (Å²) in [7, 11) is 0. The van der Waals surface area contributed by atoms with Crippen molar-refractivity contribution in [1.82, 2.24) is 0 Å². The first-order chi connectivity index (χ1) is 14.6. The zero-order chi connectivity index (χ0) is 22.5. The van der Waals surface area contributed by atoms with Gasteiger partial charge in [0.05, 0.1) is 5.57 Å². The first-order valence-corrected chi connectivity index (χ1v) is 10.8. The number of amides is 1. The van der Waals surface area contributed by atoms with E-state index in [0.29, 0.717) is 24.0 Å². The first kappa shape index (κ1) is 21.3. The van der Waals surface area contributed by atoms with Crippen LogP contribution in [-0.2, 0) is 9.59 Å². The summed E-state index contributed by atoms with van der Waals surface area (Å²) in [6, 6.07) is 13.2. The van der Waals surface area contributed by atoms with E-state index in [1.165, 1.54) is 12.1 Å². The quantitative estimate of drug-likeness (QED) is 0.672. The Morgan fingerprint density at radius 2 is 1.71 bits per heavy atom. The van der Waals surface area contributed by atoms with Gasteiger partial charge in [-0.05, 0) is 53.8 Å². The first-order valence-electron chi connectivity index (χ1n) is 9.96. The van der Waals surface area contributed by atoms with E-state index in [2.05, 4.69) is 15.9 Å². The number of benzene rings is 2. The summed E-state index contributed by atoms with van der Waals surface area (Å²) in [5, 5.41) is 0. The molecule has 2 aliphatic rings. The van der Waals surface area contributed by atoms with E-state index in [1.807, 2.05) is 38.1 Å². The molecule has 5 nitrogen and oxygen atoms in total. The molecule has 1 unspecified atom stereocenters. The molecule has 0 saturated carbocycles. The maximum absolute atomic E-state index is 13.6. The van der Waals surface area contributed by atoms with E-state index in [4.69, 9.17) is 11.5 Å². The van der Waals surface area contributed by atoms with Gasteiger partial charge in [-0.1, -0.05) is 41.9 Å². The van der Waals surface area contributed by atoms with Crippen molar-refractivity contribution in [2.45, 2.75) is 32.6 Å². The number of hydrogen-bond acceptors (Lipinski definition) is 4. The molecule has 1 aliphatic carbocycles. The molecule has 0 saturated heterocycles. The summed E-state index contributed by atoms with van der Waals surface area (Å²) in [5.74, 6) is -1.72. The number of carbonyl (C=O) groups excluding carboxylic acids is 2. The Bertz CT molecular complexity index is 1130. The summed E-state index contributed by atoms with van der Waals surface area (Å²) >= 11 is 3.43. The van der Waals surface area contributed by atoms with E-state index < -0.39 is 17.6 Å². The molecular weight excluding hydrogens is 461 g/mol. The number of anilines is 1. The van der Waals surface area contributed by atoms with Gasteiger partial charge < -0.3 is 11.5 Å². The molecule has 0 aromatic heterocycles. The Kier molecular flexibility index (Phi) is 5.25. The van der Waals surface area contributed by atoms with Crippen molar-refractivity contribution in [1.29, 1.82) is 0 Å². The highest BCUT2D eigenvalue weighted by molar-refractivity contribution is 9.10. The van der Waals surface area contributed by atoms with E-state index >= 15 is 0 Å². The number of primary amides is 1. The number of nitrogens with zero attached hydrogens (tertiary/aromatic N) is 1. The van der Waals surface area contributed by atoms with E-state index in [-0.39, 0.29) is 22.6 Å². The highest BCUT2D eigenvalue weighted by Gasteiger charge is 2.45. The normalized spacial score (nSPS) is 20.7. The number of rotatable bonds is 3. The van der Waals surface area contributed by atoms with Crippen molar-refractivity contribution in [2.24, 2.45) is 16.9 Å². The second-order valence-electron chi connectivity index (χ2n) is 8.76.